The van der Waals surface area contributed by atoms with Crippen molar-refractivity contribution >= 4 is 11.7 Å². The van der Waals surface area contributed by atoms with Crippen molar-refractivity contribution in [2.45, 2.75) is 31.7 Å². The highest BCUT2D eigenvalue weighted by Gasteiger charge is 2.36. The maximum Gasteiger partial charge on any atom is 0.255 e. The predicted molar refractivity (Wildman–Crippen MR) is 70.6 cm³/mol. The molecule has 0 saturated heterocycles. The van der Waals surface area contributed by atoms with E-state index in [-0.39, 0.29) is 5.91 Å². The van der Waals surface area contributed by atoms with E-state index in [1.54, 1.807) is 6.20 Å². The van der Waals surface area contributed by atoms with Gasteiger partial charge in [-0.3, -0.25) is 4.79 Å². The Morgan fingerprint density at radius 3 is 2.67 bits per heavy atom. The summed E-state index contributed by atoms with van der Waals surface area (Å²) < 4.78 is 0. The summed E-state index contributed by atoms with van der Waals surface area (Å²) in [5.41, 5.74) is 0.710. The second-order valence-corrected chi connectivity index (χ2v) is 5.31. The Morgan fingerprint density at radius 1 is 1.39 bits per heavy atom. The molecule has 0 radical (unpaired) electrons. The molecule has 3 rings (SSSR count). The molecule has 1 amide bonds. The number of carbonyl (C=O) groups excluding carboxylic acids is 1. The lowest BCUT2D eigenvalue weighted by atomic mass is 10.2. The third-order valence-electron chi connectivity index (χ3n) is 3.67. The Labute approximate surface area is 107 Å². The van der Waals surface area contributed by atoms with Crippen LogP contribution in [0.3, 0.4) is 0 Å². The van der Waals surface area contributed by atoms with Gasteiger partial charge in [-0.2, -0.15) is 0 Å². The van der Waals surface area contributed by atoms with Gasteiger partial charge >= 0.3 is 0 Å². The molecule has 0 aliphatic heterocycles. The van der Waals surface area contributed by atoms with Crippen molar-refractivity contribution < 1.29 is 4.79 Å². The number of nitrogens with zero attached hydrogens (tertiary/aromatic N) is 2. The van der Waals surface area contributed by atoms with Crippen LogP contribution < -0.4 is 5.32 Å². The molecule has 0 aromatic carbocycles. The lowest BCUT2D eigenvalue weighted by Crippen LogP contribution is -2.35. The Hall–Kier alpha value is -1.58. The molecule has 1 aromatic heterocycles. The van der Waals surface area contributed by atoms with Crippen molar-refractivity contribution in [3.05, 3.63) is 23.9 Å². The highest BCUT2D eigenvalue weighted by Crippen LogP contribution is 2.35. The molecule has 0 unspecified atom stereocenters. The van der Waals surface area contributed by atoms with Crippen molar-refractivity contribution in [1.29, 1.82) is 0 Å². The van der Waals surface area contributed by atoms with E-state index in [2.05, 4.69) is 15.2 Å². The number of amides is 1. The topological polar surface area (TPSA) is 45.2 Å². The maximum absolute atomic E-state index is 12.5. The van der Waals surface area contributed by atoms with Crippen molar-refractivity contribution in [3.63, 3.8) is 0 Å². The van der Waals surface area contributed by atoms with Crippen LogP contribution in [0, 0.1) is 5.92 Å². The van der Waals surface area contributed by atoms with Crippen molar-refractivity contribution in [3.8, 4) is 0 Å². The first-order chi connectivity index (χ1) is 8.78. The molecule has 2 aliphatic rings. The summed E-state index contributed by atoms with van der Waals surface area (Å²) in [7, 11) is 1.83. The zero-order valence-corrected chi connectivity index (χ0v) is 10.7. The minimum Gasteiger partial charge on any atom is -0.373 e. The van der Waals surface area contributed by atoms with Crippen molar-refractivity contribution in [1.82, 2.24) is 9.88 Å². The monoisotopic (exact) mass is 245 g/mol. The van der Waals surface area contributed by atoms with E-state index in [0.29, 0.717) is 11.6 Å². The number of hydrogen-bond acceptors (Lipinski definition) is 3. The van der Waals surface area contributed by atoms with Gasteiger partial charge in [0.25, 0.3) is 5.91 Å². The number of nitrogens with one attached hydrogen (secondary N) is 1. The average Bonchev–Trinajstić information content (AvgIpc) is 3.28. The van der Waals surface area contributed by atoms with Crippen molar-refractivity contribution in [2.75, 3.05) is 18.9 Å². The van der Waals surface area contributed by atoms with Crippen LogP contribution in [-0.2, 0) is 0 Å². The lowest BCUT2D eigenvalue weighted by molar-refractivity contribution is 0.0734. The van der Waals surface area contributed by atoms with Crippen LogP contribution in [0.15, 0.2) is 18.3 Å². The highest BCUT2D eigenvalue weighted by molar-refractivity contribution is 5.94. The first-order valence-corrected chi connectivity index (χ1v) is 6.72. The van der Waals surface area contributed by atoms with Gasteiger partial charge in [0.1, 0.15) is 5.82 Å². The molecule has 1 heterocycles. The van der Waals surface area contributed by atoms with Gasteiger partial charge in [-0.25, -0.2) is 4.98 Å². The number of rotatable bonds is 5. The molecule has 18 heavy (non-hydrogen) atoms. The fraction of sp³-hybridized carbons (Fsp3) is 0.571. The van der Waals surface area contributed by atoms with E-state index in [0.717, 1.165) is 18.3 Å². The Morgan fingerprint density at radius 2 is 2.17 bits per heavy atom. The summed E-state index contributed by atoms with van der Waals surface area (Å²) in [4.78, 5) is 18.7. The van der Waals surface area contributed by atoms with Crippen LogP contribution in [-0.4, -0.2) is 35.4 Å². The molecule has 96 valence electrons. The maximum atomic E-state index is 12.5. The summed E-state index contributed by atoms with van der Waals surface area (Å²) in [6.45, 7) is 0.942. The van der Waals surface area contributed by atoms with Gasteiger partial charge in [-0.1, -0.05) is 0 Å². The number of hydrogen-bond donors (Lipinski definition) is 1. The van der Waals surface area contributed by atoms with Gasteiger partial charge in [0.15, 0.2) is 0 Å². The molecule has 1 aromatic rings. The molecule has 0 bridgehead atoms. The zero-order chi connectivity index (χ0) is 12.5. The Balaban J connectivity index is 1.73. The normalized spacial score (nSPS) is 18.5. The standard InChI is InChI=1S/C14H19N3O/c1-15-13-7-4-11(8-16-13)14(18)17(12-5-6-12)9-10-2-3-10/h4,7-8,10,12H,2-3,5-6,9H2,1H3,(H,15,16). The first-order valence-electron chi connectivity index (χ1n) is 6.72. The average molecular weight is 245 g/mol. The van der Waals surface area contributed by atoms with Gasteiger partial charge in [-0.15, -0.1) is 0 Å². The summed E-state index contributed by atoms with van der Waals surface area (Å²) in [5.74, 6) is 1.70. The van der Waals surface area contributed by atoms with E-state index in [4.69, 9.17) is 0 Å². The van der Waals surface area contributed by atoms with Gasteiger partial charge < -0.3 is 10.2 Å². The van der Waals surface area contributed by atoms with E-state index < -0.39 is 0 Å². The third-order valence-corrected chi connectivity index (χ3v) is 3.67. The third kappa shape index (κ3) is 2.47. The second kappa shape index (κ2) is 4.59. The summed E-state index contributed by atoms with van der Waals surface area (Å²) >= 11 is 0. The number of pyridine rings is 1. The molecule has 2 aliphatic carbocycles. The fourth-order valence-electron chi connectivity index (χ4n) is 2.20. The molecule has 2 saturated carbocycles. The highest BCUT2D eigenvalue weighted by atomic mass is 16.2. The van der Waals surface area contributed by atoms with Gasteiger partial charge in [0.05, 0.1) is 5.56 Å². The van der Waals surface area contributed by atoms with Crippen LogP contribution in [0.25, 0.3) is 0 Å². The lowest BCUT2D eigenvalue weighted by Gasteiger charge is -2.22. The van der Waals surface area contributed by atoms with Crippen LogP contribution >= 0.6 is 0 Å². The second-order valence-electron chi connectivity index (χ2n) is 5.31. The van der Waals surface area contributed by atoms with Crippen LogP contribution in [0.5, 0.6) is 0 Å². The molecule has 0 atom stereocenters. The van der Waals surface area contributed by atoms with Gasteiger partial charge in [-0.05, 0) is 43.7 Å². The SMILES string of the molecule is CNc1ccc(C(=O)N(CC2CC2)C2CC2)cn1. The Bertz CT molecular complexity index is 435. The predicted octanol–water partition coefficient (Wildman–Crippen LogP) is 2.14. The smallest absolute Gasteiger partial charge is 0.255 e. The molecule has 1 N–H and O–H groups in total. The summed E-state index contributed by atoms with van der Waals surface area (Å²) in [5, 5.41) is 2.96. The van der Waals surface area contributed by atoms with E-state index in [1.165, 1.54) is 25.7 Å². The quantitative estimate of drug-likeness (QED) is 0.864. The van der Waals surface area contributed by atoms with Crippen molar-refractivity contribution in [2.24, 2.45) is 5.92 Å². The van der Waals surface area contributed by atoms with E-state index in [1.807, 2.05) is 19.2 Å². The fourth-order valence-corrected chi connectivity index (χ4v) is 2.20. The number of aromatic nitrogens is 1. The minimum absolute atomic E-state index is 0.152. The van der Waals surface area contributed by atoms with E-state index in [9.17, 15) is 4.79 Å². The first kappa shape index (κ1) is 11.5. The minimum atomic E-state index is 0.152. The summed E-state index contributed by atoms with van der Waals surface area (Å²) in [6, 6.07) is 4.21. The van der Waals surface area contributed by atoms with Gasteiger partial charge in [0.2, 0.25) is 0 Å². The molecular formula is C14H19N3O. The molecule has 4 heteroatoms. The van der Waals surface area contributed by atoms with Crippen LogP contribution in [0.2, 0.25) is 0 Å². The largest absolute Gasteiger partial charge is 0.373 e. The Kier molecular flexibility index (Phi) is 2.94. The van der Waals surface area contributed by atoms with E-state index >= 15 is 0 Å². The number of anilines is 1. The summed E-state index contributed by atoms with van der Waals surface area (Å²) in [6.07, 6.45) is 6.58. The van der Waals surface area contributed by atoms with Gasteiger partial charge in [0, 0.05) is 25.8 Å². The van der Waals surface area contributed by atoms with Crippen LogP contribution in [0.4, 0.5) is 5.82 Å². The molecule has 0 spiro atoms. The zero-order valence-electron chi connectivity index (χ0n) is 10.7. The molecule has 2 fully saturated rings. The molecule has 4 nitrogen and oxygen atoms in total. The molecular weight excluding hydrogens is 226 g/mol. The van der Waals surface area contributed by atoms with Crippen LogP contribution in [0.1, 0.15) is 36.0 Å². The number of carbonyl (C=O) groups is 1.